The van der Waals surface area contributed by atoms with Gasteiger partial charge in [0.25, 0.3) is 0 Å². The van der Waals surface area contributed by atoms with Crippen LogP contribution in [0.4, 0.5) is 5.69 Å². The van der Waals surface area contributed by atoms with Gasteiger partial charge >= 0.3 is 5.97 Å². The number of amides is 1. The molecule has 104 valence electrons. The van der Waals surface area contributed by atoms with Crippen molar-refractivity contribution in [2.45, 2.75) is 20.3 Å². The molecule has 0 radical (unpaired) electrons. The highest BCUT2D eigenvalue weighted by atomic mass is 16.4. The number of benzene rings is 1. The van der Waals surface area contributed by atoms with Crippen LogP contribution in [0.1, 0.15) is 20.3 Å². The van der Waals surface area contributed by atoms with E-state index in [2.05, 4.69) is 10.6 Å². The van der Waals surface area contributed by atoms with Gasteiger partial charge in [0.15, 0.2) is 0 Å². The number of carboxylic acid groups (broad SMARTS) is 1. The number of carbonyl (C=O) groups is 2. The summed E-state index contributed by atoms with van der Waals surface area (Å²) in [5.74, 6) is -1.11. The van der Waals surface area contributed by atoms with Gasteiger partial charge in [-0.05, 0) is 25.5 Å². The number of rotatable bonds is 7. The van der Waals surface area contributed by atoms with Gasteiger partial charge in [-0.2, -0.15) is 0 Å². The minimum atomic E-state index is -0.914. The van der Waals surface area contributed by atoms with Crippen molar-refractivity contribution < 1.29 is 14.7 Å². The van der Waals surface area contributed by atoms with E-state index < -0.39 is 11.4 Å². The topological polar surface area (TPSA) is 78.4 Å². The highest BCUT2D eigenvalue weighted by Gasteiger charge is 2.31. The average molecular weight is 264 g/mol. The molecule has 0 aliphatic rings. The maximum absolute atomic E-state index is 11.6. The second-order valence-electron chi connectivity index (χ2n) is 4.72. The van der Waals surface area contributed by atoms with Crippen LogP contribution < -0.4 is 10.6 Å². The first-order valence-corrected chi connectivity index (χ1v) is 6.27. The number of nitrogens with one attached hydrogen (secondary N) is 2. The summed E-state index contributed by atoms with van der Waals surface area (Å²) >= 11 is 0. The third kappa shape index (κ3) is 4.62. The number of para-hydroxylation sites is 1. The molecule has 0 bridgehead atoms. The fourth-order valence-corrected chi connectivity index (χ4v) is 1.45. The van der Waals surface area contributed by atoms with Crippen LogP contribution in [0.5, 0.6) is 0 Å². The number of carbonyl (C=O) groups excluding carboxylic acids is 1. The molecule has 5 heteroatoms. The van der Waals surface area contributed by atoms with Crippen molar-refractivity contribution in [1.29, 1.82) is 0 Å². The Bertz CT molecular complexity index is 434. The largest absolute Gasteiger partial charge is 0.481 e. The molecule has 1 rings (SSSR count). The van der Waals surface area contributed by atoms with Crippen LogP contribution >= 0.6 is 0 Å². The monoisotopic (exact) mass is 264 g/mol. The maximum atomic E-state index is 11.6. The summed E-state index contributed by atoms with van der Waals surface area (Å²) in [6, 6.07) is 9.36. The zero-order chi connectivity index (χ0) is 14.3. The predicted octanol–water partition coefficient (Wildman–Crippen LogP) is 1.72. The van der Waals surface area contributed by atoms with Gasteiger partial charge in [-0.25, -0.2) is 0 Å². The molecule has 0 heterocycles. The van der Waals surface area contributed by atoms with Crippen LogP contribution in [0.2, 0.25) is 0 Å². The lowest BCUT2D eigenvalue weighted by Crippen LogP contribution is -2.42. The predicted molar refractivity (Wildman–Crippen MR) is 74.0 cm³/mol. The average Bonchev–Trinajstić information content (AvgIpc) is 2.43. The molecule has 0 saturated carbocycles. The summed E-state index contributed by atoms with van der Waals surface area (Å²) in [6.45, 7) is 3.68. The summed E-state index contributed by atoms with van der Waals surface area (Å²) in [5.41, 5.74) is -0.0586. The third-order valence-corrected chi connectivity index (χ3v) is 3.20. The molecule has 1 atom stereocenters. The summed E-state index contributed by atoms with van der Waals surface area (Å²) in [7, 11) is 0. The first-order valence-electron chi connectivity index (χ1n) is 6.27. The van der Waals surface area contributed by atoms with Crippen molar-refractivity contribution in [3.63, 3.8) is 0 Å². The van der Waals surface area contributed by atoms with Gasteiger partial charge in [0.05, 0.1) is 12.0 Å². The van der Waals surface area contributed by atoms with Crippen LogP contribution in [0.15, 0.2) is 30.3 Å². The van der Waals surface area contributed by atoms with E-state index in [1.807, 2.05) is 30.3 Å². The molecule has 0 spiro atoms. The second-order valence-corrected chi connectivity index (χ2v) is 4.72. The van der Waals surface area contributed by atoms with E-state index in [4.69, 9.17) is 5.11 Å². The fraction of sp³-hybridized carbons (Fsp3) is 0.429. The van der Waals surface area contributed by atoms with Crippen LogP contribution in [-0.2, 0) is 9.59 Å². The number of hydrogen-bond donors (Lipinski definition) is 3. The van der Waals surface area contributed by atoms with Gasteiger partial charge < -0.3 is 15.7 Å². The van der Waals surface area contributed by atoms with E-state index >= 15 is 0 Å². The van der Waals surface area contributed by atoms with Crippen LogP contribution in [-0.4, -0.2) is 30.1 Å². The van der Waals surface area contributed by atoms with E-state index in [-0.39, 0.29) is 19.0 Å². The molecule has 1 aromatic rings. The summed E-state index contributed by atoms with van der Waals surface area (Å²) < 4.78 is 0. The molecule has 1 aromatic carbocycles. The van der Waals surface area contributed by atoms with Crippen molar-refractivity contribution in [3.8, 4) is 0 Å². The smallest absolute Gasteiger partial charge is 0.311 e. The first-order chi connectivity index (χ1) is 8.98. The number of hydrogen-bond acceptors (Lipinski definition) is 3. The number of anilines is 1. The summed E-state index contributed by atoms with van der Waals surface area (Å²) in [6.07, 6.45) is 0.467. The zero-order valence-electron chi connectivity index (χ0n) is 11.3. The molecule has 0 aliphatic carbocycles. The van der Waals surface area contributed by atoms with E-state index in [1.54, 1.807) is 13.8 Å². The van der Waals surface area contributed by atoms with Crippen LogP contribution in [0, 0.1) is 5.41 Å². The lowest BCUT2D eigenvalue weighted by atomic mass is 9.88. The highest BCUT2D eigenvalue weighted by Crippen LogP contribution is 2.19. The van der Waals surface area contributed by atoms with E-state index in [9.17, 15) is 9.59 Å². The fourth-order valence-electron chi connectivity index (χ4n) is 1.45. The Morgan fingerprint density at radius 2 is 1.89 bits per heavy atom. The van der Waals surface area contributed by atoms with Crippen molar-refractivity contribution in [1.82, 2.24) is 5.32 Å². The summed E-state index contributed by atoms with van der Waals surface area (Å²) in [4.78, 5) is 22.7. The SMILES string of the molecule is CCC(C)(CNC(=O)CNc1ccccc1)C(=O)O. The molecule has 1 amide bonds. The molecule has 0 aliphatic heterocycles. The molecule has 0 aromatic heterocycles. The Balaban J connectivity index is 2.38. The van der Waals surface area contributed by atoms with Gasteiger partial charge in [-0.1, -0.05) is 25.1 Å². The van der Waals surface area contributed by atoms with Gasteiger partial charge in [-0.15, -0.1) is 0 Å². The van der Waals surface area contributed by atoms with E-state index in [0.717, 1.165) is 5.69 Å². The maximum Gasteiger partial charge on any atom is 0.311 e. The minimum Gasteiger partial charge on any atom is -0.481 e. The Morgan fingerprint density at radius 1 is 1.26 bits per heavy atom. The molecule has 1 unspecified atom stereocenters. The summed E-state index contributed by atoms with van der Waals surface area (Å²) in [5, 5.41) is 14.7. The zero-order valence-corrected chi connectivity index (χ0v) is 11.3. The number of carboxylic acids is 1. The lowest BCUT2D eigenvalue weighted by Gasteiger charge is -2.23. The Kier molecular flexibility index (Phi) is 5.36. The number of aliphatic carboxylic acids is 1. The van der Waals surface area contributed by atoms with Crippen LogP contribution in [0.3, 0.4) is 0 Å². The van der Waals surface area contributed by atoms with Crippen molar-refractivity contribution in [3.05, 3.63) is 30.3 Å². The Labute approximate surface area is 113 Å². The van der Waals surface area contributed by atoms with Gasteiger partial charge in [-0.3, -0.25) is 9.59 Å². The molecule has 0 saturated heterocycles. The quantitative estimate of drug-likeness (QED) is 0.700. The third-order valence-electron chi connectivity index (χ3n) is 3.20. The van der Waals surface area contributed by atoms with Gasteiger partial charge in [0, 0.05) is 12.2 Å². The standard InChI is InChI=1S/C14H20N2O3/c1-3-14(2,13(18)19)10-16-12(17)9-15-11-7-5-4-6-8-11/h4-8,15H,3,9-10H2,1-2H3,(H,16,17)(H,18,19). The highest BCUT2D eigenvalue weighted by molar-refractivity contribution is 5.82. The molecule has 0 fully saturated rings. The van der Waals surface area contributed by atoms with Gasteiger partial charge in [0.1, 0.15) is 0 Å². The minimum absolute atomic E-state index is 0.128. The normalized spacial score (nSPS) is 13.4. The Morgan fingerprint density at radius 3 is 2.42 bits per heavy atom. The van der Waals surface area contributed by atoms with E-state index in [0.29, 0.717) is 6.42 Å². The molecular weight excluding hydrogens is 244 g/mol. The van der Waals surface area contributed by atoms with Crippen molar-refractivity contribution in [2.24, 2.45) is 5.41 Å². The van der Waals surface area contributed by atoms with Crippen molar-refractivity contribution >= 4 is 17.6 Å². The molecular formula is C14H20N2O3. The van der Waals surface area contributed by atoms with Gasteiger partial charge in [0.2, 0.25) is 5.91 Å². The lowest BCUT2D eigenvalue weighted by molar-refractivity contribution is -0.148. The first kappa shape index (κ1) is 15.0. The molecule has 3 N–H and O–H groups in total. The molecule has 5 nitrogen and oxygen atoms in total. The Hall–Kier alpha value is -2.04. The second kappa shape index (κ2) is 6.78. The van der Waals surface area contributed by atoms with Crippen LogP contribution in [0.25, 0.3) is 0 Å². The van der Waals surface area contributed by atoms with E-state index in [1.165, 1.54) is 0 Å². The van der Waals surface area contributed by atoms with Crippen molar-refractivity contribution in [2.75, 3.05) is 18.4 Å². The molecule has 19 heavy (non-hydrogen) atoms.